The monoisotopic (exact) mass is 440 g/mol. The highest BCUT2D eigenvalue weighted by molar-refractivity contribution is 14.0. The van der Waals surface area contributed by atoms with Crippen LogP contribution in [0.3, 0.4) is 0 Å². The van der Waals surface area contributed by atoms with Gasteiger partial charge in [-0.3, -0.25) is 9.89 Å². The van der Waals surface area contributed by atoms with Crippen molar-refractivity contribution < 1.29 is 4.74 Å². The topological polar surface area (TPSA) is 48.9 Å². The molecule has 1 saturated heterocycles. The normalized spacial score (nSPS) is 18.5. The molecule has 1 rings (SSSR count). The van der Waals surface area contributed by atoms with Gasteiger partial charge in [-0.15, -0.1) is 24.0 Å². The first kappa shape index (κ1) is 22.9. The zero-order valence-corrected chi connectivity index (χ0v) is 18.1. The van der Waals surface area contributed by atoms with Crippen molar-refractivity contribution >= 4 is 29.9 Å². The molecule has 0 aromatic carbocycles. The number of rotatable bonds is 6. The highest BCUT2D eigenvalue weighted by Gasteiger charge is 2.22. The number of nitrogens with zero attached hydrogens (tertiary/aromatic N) is 2. The van der Waals surface area contributed by atoms with E-state index in [1.165, 1.54) is 6.42 Å². The predicted octanol–water partition coefficient (Wildman–Crippen LogP) is 2.70. The maximum Gasteiger partial charge on any atom is 0.191 e. The Balaban J connectivity index is 0.00000484. The van der Waals surface area contributed by atoms with Crippen molar-refractivity contribution in [3.05, 3.63) is 0 Å². The van der Waals surface area contributed by atoms with E-state index in [4.69, 9.17) is 9.73 Å². The molecule has 0 spiro atoms. The fourth-order valence-electron chi connectivity index (χ4n) is 2.68. The van der Waals surface area contributed by atoms with Crippen molar-refractivity contribution in [2.45, 2.75) is 59.5 Å². The van der Waals surface area contributed by atoms with Gasteiger partial charge in [-0.1, -0.05) is 13.8 Å². The number of nitrogens with one attached hydrogen (secondary N) is 2. The van der Waals surface area contributed by atoms with E-state index >= 15 is 0 Å². The van der Waals surface area contributed by atoms with Gasteiger partial charge in [0.05, 0.1) is 19.8 Å². The number of hydrogen-bond donors (Lipinski definition) is 2. The van der Waals surface area contributed by atoms with E-state index in [0.29, 0.717) is 12.0 Å². The van der Waals surface area contributed by atoms with Crippen LogP contribution < -0.4 is 10.6 Å². The highest BCUT2D eigenvalue weighted by atomic mass is 127. The maximum atomic E-state index is 5.48. The molecule has 0 aromatic heterocycles. The van der Waals surface area contributed by atoms with Crippen LogP contribution >= 0.6 is 24.0 Å². The van der Waals surface area contributed by atoms with Gasteiger partial charge in [0.25, 0.3) is 0 Å². The van der Waals surface area contributed by atoms with Crippen molar-refractivity contribution in [2.75, 3.05) is 39.4 Å². The minimum absolute atomic E-state index is 0. The quantitative estimate of drug-likeness (QED) is 0.379. The molecular weight excluding hydrogens is 403 g/mol. The molecule has 0 bridgehead atoms. The molecule has 1 fully saturated rings. The van der Waals surface area contributed by atoms with Crippen molar-refractivity contribution in [1.82, 2.24) is 15.5 Å². The van der Waals surface area contributed by atoms with Gasteiger partial charge in [0, 0.05) is 31.2 Å². The molecule has 1 aliphatic rings. The summed E-state index contributed by atoms with van der Waals surface area (Å²) in [6.07, 6.45) is 1.18. The van der Waals surface area contributed by atoms with Gasteiger partial charge < -0.3 is 15.4 Å². The van der Waals surface area contributed by atoms with E-state index in [9.17, 15) is 0 Å². The Hall–Kier alpha value is -0.0800. The standard InChI is InChI=1S/C17H36N4O.HI/c1-7-18-16(20-17(4,5)6)19-13-15(12-14(2)3)21-8-10-22-11-9-21;/h14-15H,7-13H2,1-6H3,(H2,18,19,20);1H. The lowest BCUT2D eigenvalue weighted by Crippen LogP contribution is -2.49. The molecule has 0 aromatic rings. The van der Waals surface area contributed by atoms with E-state index in [0.717, 1.165) is 45.4 Å². The van der Waals surface area contributed by atoms with Crippen molar-refractivity contribution in [1.29, 1.82) is 0 Å². The predicted molar refractivity (Wildman–Crippen MR) is 110 cm³/mol. The van der Waals surface area contributed by atoms with Crippen LogP contribution in [-0.2, 0) is 4.74 Å². The van der Waals surface area contributed by atoms with Crippen LogP contribution in [-0.4, -0.2) is 61.8 Å². The molecule has 2 N–H and O–H groups in total. The van der Waals surface area contributed by atoms with Crippen LogP contribution in [0.5, 0.6) is 0 Å². The van der Waals surface area contributed by atoms with Crippen molar-refractivity contribution in [3.63, 3.8) is 0 Å². The number of halogens is 1. The Labute approximate surface area is 160 Å². The Morgan fingerprint density at radius 2 is 1.83 bits per heavy atom. The first-order chi connectivity index (χ1) is 10.3. The number of ether oxygens (including phenoxy) is 1. The molecule has 1 atom stereocenters. The summed E-state index contributed by atoms with van der Waals surface area (Å²) in [6, 6.07) is 0.499. The molecule has 138 valence electrons. The zero-order valence-electron chi connectivity index (χ0n) is 15.8. The van der Waals surface area contributed by atoms with Gasteiger partial charge in [-0.25, -0.2) is 0 Å². The number of guanidine groups is 1. The molecule has 0 radical (unpaired) electrons. The van der Waals surface area contributed by atoms with Gasteiger partial charge in [0.15, 0.2) is 5.96 Å². The largest absolute Gasteiger partial charge is 0.379 e. The fourth-order valence-corrected chi connectivity index (χ4v) is 2.68. The van der Waals surface area contributed by atoms with Gasteiger partial charge in [-0.2, -0.15) is 0 Å². The number of hydrogen-bond acceptors (Lipinski definition) is 3. The summed E-state index contributed by atoms with van der Waals surface area (Å²) in [6.45, 7) is 18.6. The lowest BCUT2D eigenvalue weighted by Gasteiger charge is -2.35. The molecule has 0 amide bonds. The SMILES string of the molecule is CCNC(=NCC(CC(C)C)N1CCOCC1)NC(C)(C)C.I. The minimum Gasteiger partial charge on any atom is -0.379 e. The van der Waals surface area contributed by atoms with Gasteiger partial charge in [0.2, 0.25) is 0 Å². The third kappa shape index (κ3) is 10.4. The lowest BCUT2D eigenvalue weighted by molar-refractivity contribution is 0.0143. The molecule has 0 aliphatic carbocycles. The second kappa shape index (κ2) is 11.5. The summed E-state index contributed by atoms with van der Waals surface area (Å²) in [5, 5.41) is 6.81. The Morgan fingerprint density at radius 1 is 1.22 bits per heavy atom. The third-order valence-electron chi connectivity index (χ3n) is 3.60. The first-order valence-corrected chi connectivity index (χ1v) is 8.70. The molecule has 1 unspecified atom stereocenters. The third-order valence-corrected chi connectivity index (χ3v) is 3.60. The summed E-state index contributed by atoms with van der Waals surface area (Å²) in [4.78, 5) is 7.37. The number of aliphatic imine (C=N–C) groups is 1. The van der Waals surface area contributed by atoms with Crippen LogP contribution in [0, 0.1) is 5.92 Å². The van der Waals surface area contributed by atoms with E-state index in [1.807, 2.05) is 0 Å². The molecule has 1 heterocycles. The molecular formula is C17H37IN4O. The fraction of sp³-hybridized carbons (Fsp3) is 0.941. The van der Waals surface area contributed by atoms with Crippen molar-refractivity contribution in [3.8, 4) is 0 Å². The van der Waals surface area contributed by atoms with Crippen LogP contribution in [0.1, 0.15) is 48.0 Å². The maximum absolute atomic E-state index is 5.48. The second-order valence-corrected chi connectivity index (χ2v) is 7.53. The summed E-state index contributed by atoms with van der Waals surface area (Å²) in [7, 11) is 0. The summed E-state index contributed by atoms with van der Waals surface area (Å²) < 4.78 is 5.48. The van der Waals surface area contributed by atoms with E-state index < -0.39 is 0 Å². The summed E-state index contributed by atoms with van der Waals surface area (Å²) in [5.74, 6) is 1.60. The molecule has 23 heavy (non-hydrogen) atoms. The lowest BCUT2D eigenvalue weighted by atomic mass is 10.0. The van der Waals surface area contributed by atoms with Crippen LogP contribution in [0.15, 0.2) is 4.99 Å². The minimum atomic E-state index is 0. The van der Waals surface area contributed by atoms with Crippen LogP contribution in [0.25, 0.3) is 0 Å². The summed E-state index contributed by atoms with van der Waals surface area (Å²) in [5.41, 5.74) is 0.0213. The van der Waals surface area contributed by atoms with Crippen molar-refractivity contribution in [2.24, 2.45) is 10.9 Å². The Bertz CT molecular complexity index is 336. The molecule has 1 aliphatic heterocycles. The van der Waals surface area contributed by atoms with E-state index in [-0.39, 0.29) is 29.5 Å². The average molecular weight is 440 g/mol. The van der Waals surface area contributed by atoms with Crippen LogP contribution in [0.2, 0.25) is 0 Å². The highest BCUT2D eigenvalue weighted by Crippen LogP contribution is 2.14. The van der Waals surface area contributed by atoms with E-state index in [2.05, 4.69) is 57.1 Å². The Morgan fingerprint density at radius 3 is 2.30 bits per heavy atom. The van der Waals surface area contributed by atoms with E-state index in [1.54, 1.807) is 0 Å². The molecule has 0 saturated carbocycles. The van der Waals surface area contributed by atoms with Gasteiger partial charge >= 0.3 is 0 Å². The number of morpholine rings is 1. The summed E-state index contributed by atoms with van der Waals surface area (Å²) >= 11 is 0. The van der Waals surface area contributed by atoms with Gasteiger partial charge in [-0.05, 0) is 40.0 Å². The molecule has 5 nitrogen and oxygen atoms in total. The zero-order chi connectivity index (χ0) is 16.6. The Kier molecular flexibility index (Phi) is 11.4. The van der Waals surface area contributed by atoms with Gasteiger partial charge in [0.1, 0.15) is 0 Å². The molecule has 6 heteroatoms. The average Bonchev–Trinajstić information content (AvgIpc) is 2.42. The smallest absolute Gasteiger partial charge is 0.191 e. The second-order valence-electron chi connectivity index (χ2n) is 7.53. The first-order valence-electron chi connectivity index (χ1n) is 8.70. The van der Waals surface area contributed by atoms with Crippen LogP contribution in [0.4, 0.5) is 0 Å².